The second-order valence-electron chi connectivity index (χ2n) is 4.82. The van der Waals surface area contributed by atoms with Gasteiger partial charge in [-0.15, -0.1) is 0 Å². The molecule has 0 saturated heterocycles. The molecule has 0 aliphatic heterocycles. The first kappa shape index (κ1) is 15.2. The Balaban J connectivity index is 2.09. The minimum absolute atomic E-state index is 0.0687. The van der Waals surface area contributed by atoms with Crippen LogP contribution < -0.4 is 5.32 Å². The maximum Gasteiger partial charge on any atom is 0.254 e. The van der Waals surface area contributed by atoms with E-state index in [2.05, 4.69) is 5.32 Å². The molecular weight excluding hydrogens is 269 g/mol. The molecule has 1 N–H and O–H groups in total. The first-order valence-electron chi connectivity index (χ1n) is 6.72. The molecule has 3 nitrogen and oxygen atoms in total. The van der Waals surface area contributed by atoms with Crippen LogP contribution in [0, 0.1) is 12.7 Å². The van der Waals surface area contributed by atoms with Crippen molar-refractivity contribution in [3.8, 4) is 0 Å². The fourth-order valence-electron chi connectivity index (χ4n) is 2.12. The van der Waals surface area contributed by atoms with Crippen LogP contribution in [-0.2, 0) is 17.9 Å². The molecule has 0 unspecified atom stereocenters. The molecule has 0 aliphatic carbocycles. The number of halogens is 1. The molecule has 1 amide bonds. The number of aryl methyl sites for hydroxylation is 1. The van der Waals surface area contributed by atoms with Crippen LogP contribution >= 0.6 is 0 Å². The summed E-state index contributed by atoms with van der Waals surface area (Å²) in [5.41, 5.74) is 2.49. The molecule has 2 aromatic rings. The summed E-state index contributed by atoms with van der Waals surface area (Å²) in [5.74, 6) is -0.886. The monoisotopic (exact) mass is 287 g/mol. The highest BCUT2D eigenvalue weighted by molar-refractivity contribution is 5.94. The van der Waals surface area contributed by atoms with Crippen molar-refractivity contribution < 1.29 is 13.9 Å². The van der Waals surface area contributed by atoms with Gasteiger partial charge in [0.15, 0.2) is 0 Å². The van der Waals surface area contributed by atoms with Crippen molar-refractivity contribution in [3.05, 3.63) is 70.5 Å². The van der Waals surface area contributed by atoms with Crippen molar-refractivity contribution in [2.24, 2.45) is 0 Å². The van der Waals surface area contributed by atoms with Crippen LogP contribution in [0.1, 0.15) is 27.0 Å². The molecule has 2 aromatic carbocycles. The predicted octanol–water partition coefficient (Wildman–Crippen LogP) is 3.21. The number of nitrogens with one attached hydrogen (secondary N) is 1. The fourth-order valence-corrected chi connectivity index (χ4v) is 2.12. The number of ether oxygens (including phenoxy) is 1. The Morgan fingerprint density at radius 3 is 2.57 bits per heavy atom. The molecule has 0 spiro atoms. The number of rotatable bonds is 5. The highest BCUT2D eigenvalue weighted by Crippen LogP contribution is 2.13. The van der Waals surface area contributed by atoms with Crippen LogP contribution in [-0.4, -0.2) is 13.0 Å². The molecule has 0 atom stereocenters. The summed E-state index contributed by atoms with van der Waals surface area (Å²) in [6.07, 6.45) is 0. The third-order valence-electron chi connectivity index (χ3n) is 3.29. The molecule has 0 radical (unpaired) electrons. The second kappa shape index (κ2) is 6.99. The van der Waals surface area contributed by atoms with E-state index in [4.69, 9.17) is 4.74 Å². The van der Waals surface area contributed by atoms with E-state index < -0.39 is 11.7 Å². The van der Waals surface area contributed by atoms with Crippen LogP contribution in [0.25, 0.3) is 0 Å². The highest BCUT2D eigenvalue weighted by Gasteiger charge is 2.13. The zero-order valence-corrected chi connectivity index (χ0v) is 12.2. The van der Waals surface area contributed by atoms with Gasteiger partial charge >= 0.3 is 0 Å². The molecule has 0 bridgehead atoms. The normalized spacial score (nSPS) is 10.4. The quantitative estimate of drug-likeness (QED) is 0.917. The van der Waals surface area contributed by atoms with Crippen molar-refractivity contribution >= 4 is 5.91 Å². The van der Waals surface area contributed by atoms with Crippen LogP contribution in [0.15, 0.2) is 42.5 Å². The molecule has 0 aliphatic rings. The van der Waals surface area contributed by atoms with Crippen molar-refractivity contribution in [2.45, 2.75) is 20.1 Å². The fraction of sp³-hybridized carbons (Fsp3) is 0.235. The maximum atomic E-state index is 13.9. The lowest BCUT2D eigenvalue weighted by atomic mass is 10.1. The third kappa shape index (κ3) is 3.67. The number of amides is 1. The number of carbonyl (C=O) groups excluding carboxylic acids is 1. The van der Waals surface area contributed by atoms with E-state index in [0.717, 1.165) is 11.1 Å². The summed E-state index contributed by atoms with van der Waals surface area (Å²) in [5, 5.41) is 2.75. The van der Waals surface area contributed by atoms with Crippen LogP contribution in [0.5, 0.6) is 0 Å². The van der Waals surface area contributed by atoms with Crippen LogP contribution in [0.2, 0.25) is 0 Å². The molecule has 21 heavy (non-hydrogen) atoms. The molecule has 4 heteroatoms. The van der Waals surface area contributed by atoms with Gasteiger partial charge in [0.05, 0.1) is 12.2 Å². The topological polar surface area (TPSA) is 38.3 Å². The van der Waals surface area contributed by atoms with Crippen molar-refractivity contribution in [1.82, 2.24) is 5.32 Å². The first-order valence-corrected chi connectivity index (χ1v) is 6.72. The standard InChI is InChI=1S/C17H18FNO2/c1-12-6-5-9-15(16(12)18)17(20)19-10-13-7-3-4-8-14(13)11-21-2/h3-9H,10-11H2,1-2H3,(H,19,20). The number of carbonyl (C=O) groups is 1. The smallest absolute Gasteiger partial charge is 0.254 e. The zero-order valence-electron chi connectivity index (χ0n) is 12.2. The van der Waals surface area contributed by atoms with Gasteiger partial charge in [-0.2, -0.15) is 0 Å². The van der Waals surface area contributed by atoms with Crippen molar-refractivity contribution in [1.29, 1.82) is 0 Å². The van der Waals surface area contributed by atoms with Gasteiger partial charge in [-0.3, -0.25) is 4.79 Å². The van der Waals surface area contributed by atoms with Crippen LogP contribution in [0.3, 0.4) is 0 Å². The predicted molar refractivity (Wildman–Crippen MR) is 79.5 cm³/mol. The lowest BCUT2D eigenvalue weighted by molar-refractivity contribution is 0.0946. The minimum Gasteiger partial charge on any atom is -0.380 e. The summed E-state index contributed by atoms with van der Waals surface area (Å²) in [4.78, 5) is 12.1. The Morgan fingerprint density at radius 1 is 1.14 bits per heavy atom. The van der Waals surface area contributed by atoms with Gasteiger partial charge in [0.25, 0.3) is 5.91 Å². The van der Waals surface area contributed by atoms with E-state index in [1.807, 2.05) is 24.3 Å². The molecular formula is C17H18FNO2. The average molecular weight is 287 g/mol. The SMILES string of the molecule is COCc1ccccc1CNC(=O)c1cccc(C)c1F. The summed E-state index contributed by atoms with van der Waals surface area (Å²) in [6, 6.07) is 12.5. The summed E-state index contributed by atoms with van der Waals surface area (Å²) >= 11 is 0. The Bertz CT molecular complexity index is 640. The second-order valence-corrected chi connectivity index (χ2v) is 4.82. The van der Waals surface area contributed by atoms with Gasteiger partial charge in [0.2, 0.25) is 0 Å². The summed E-state index contributed by atoms with van der Waals surface area (Å²) < 4.78 is 19.0. The van der Waals surface area contributed by atoms with Crippen molar-refractivity contribution in [2.75, 3.05) is 7.11 Å². The zero-order chi connectivity index (χ0) is 15.2. The van der Waals surface area contributed by atoms with Gasteiger partial charge in [-0.1, -0.05) is 36.4 Å². The maximum absolute atomic E-state index is 13.9. The number of methoxy groups -OCH3 is 1. The summed E-state index contributed by atoms with van der Waals surface area (Å²) in [6.45, 7) is 2.45. The number of benzene rings is 2. The van der Waals surface area contributed by atoms with E-state index >= 15 is 0 Å². The molecule has 2 rings (SSSR count). The minimum atomic E-state index is -0.472. The summed E-state index contributed by atoms with van der Waals surface area (Å²) in [7, 11) is 1.62. The molecule has 0 aromatic heterocycles. The third-order valence-corrected chi connectivity index (χ3v) is 3.29. The number of hydrogen-bond donors (Lipinski definition) is 1. The van der Waals surface area contributed by atoms with E-state index in [1.165, 1.54) is 6.07 Å². The highest BCUT2D eigenvalue weighted by atomic mass is 19.1. The Morgan fingerprint density at radius 2 is 1.86 bits per heavy atom. The lowest BCUT2D eigenvalue weighted by Gasteiger charge is -2.11. The van der Waals surface area contributed by atoms with Gasteiger partial charge in [-0.05, 0) is 29.7 Å². The van der Waals surface area contributed by atoms with Gasteiger partial charge in [0, 0.05) is 13.7 Å². The Hall–Kier alpha value is -2.20. The lowest BCUT2D eigenvalue weighted by Crippen LogP contribution is -2.24. The van der Waals surface area contributed by atoms with E-state index in [1.54, 1.807) is 26.2 Å². The first-order chi connectivity index (χ1) is 10.1. The molecule has 110 valence electrons. The van der Waals surface area contributed by atoms with E-state index in [0.29, 0.717) is 18.7 Å². The van der Waals surface area contributed by atoms with Crippen molar-refractivity contribution in [3.63, 3.8) is 0 Å². The van der Waals surface area contributed by atoms with Crippen LogP contribution in [0.4, 0.5) is 4.39 Å². The van der Waals surface area contributed by atoms with Gasteiger partial charge < -0.3 is 10.1 Å². The van der Waals surface area contributed by atoms with Gasteiger partial charge in [0.1, 0.15) is 5.82 Å². The average Bonchev–Trinajstić information content (AvgIpc) is 2.49. The largest absolute Gasteiger partial charge is 0.380 e. The number of hydrogen-bond acceptors (Lipinski definition) is 2. The molecule has 0 heterocycles. The van der Waals surface area contributed by atoms with E-state index in [-0.39, 0.29) is 5.56 Å². The molecule has 0 fully saturated rings. The van der Waals surface area contributed by atoms with E-state index in [9.17, 15) is 9.18 Å². The van der Waals surface area contributed by atoms with Gasteiger partial charge in [-0.25, -0.2) is 4.39 Å². The molecule has 0 saturated carbocycles. The Labute approximate surface area is 123 Å². The Kier molecular flexibility index (Phi) is 5.06.